The summed E-state index contributed by atoms with van der Waals surface area (Å²) in [5.41, 5.74) is 6.47. The second-order valence-corrected chi connectivity index (χ2v) is 10.8. The van der Waals surface area contributed by atoms with Gasteiger partial charge in [0.2, 0.25) is 0 Å². The second-order valence-electron chi connectivity index (χ2n) is 10.8. The molecule has 39 heavy (non-hydrogen) atoms. The van der Waals surface area contributed by atoms with Crippen LogP contribution in [0, 0.1) is 0 Å². The fourth-order valence-electron chi connectivity index (χ4n) is 6.22. The van der Waals surface area contributed by atoms with Gasteiger partial charge in [0.25, 0.3) is 0 Å². The number of carbonyl (C=O) groups is 2. The Labute approximate surface area is 230 Å². The van der Waals surface area contributed by atoms with Crippen LogP contribution in [0.2, 0.25) is 0 Å². The molecule has 2 aliphatic rings. The van der Waals surface area contributed by atoms with Crippen LogP contribution in [0.5, 0.6) is 0 Å². The van der Waals surface area contributed by atoms with Crippen LogP contribution < -0.4 is 0 Å². The molecule has 0 N–H and O–H groups in total. The van der Waals surface area contributed by atoms with Gasteiger partial charge >= 0.3 is 0 Å². The Balaban J connectivity index is 0.000000143. The quantitative estimate of drug-likeness (QED) is 0.175. The van der Waals surface area contributed by atoms with Gasteiger partial charge in [0, 0.05) is 22.3 Å². The normalized spacial score (nSPS) is 13.9. The highest BCUT2D eigenvalue weighted by Gasteiger charge is 2.29. The molecule has 7 rings (SSSR count). The van der Waals surface area contributed by atoms with Gasteiger partial charge in [0.1, 0.15) is 0 Å². The maximum Gasteiger partial charge on any atom is 0.194 e. The average Bonchev–Trinajstić information content (AvgIpc) is 3.00. The number of hydrogen-bond donors (Lipinski definition) is 0. The molecule has 0 aliphatic heterocycles. The molecule has 2 heteroatoms. The maximum absolute atomic E-state index is 12.6. The summed E-state index contributed by atoms with van der Waals surface area (Å²) < 4.78 is 0. The molecule has 0 amide bonds. The van der Waals surface area contributed by atoms with E-state index in [2.05, 4.69) is 55.5 Å². The molecule has 0 aromatic heterocycles. The Hall–Kier alpha value is -4.04. The molecule has 0 radical (unpaired) electrons. The fourth-order valence-corrected chi connectivity index (χ4v) is 6.22. The first-order valence-corrected chi connectivity index (χ1v) is 14.4. The summed E-state index contributed by atoms with van der Waals surface area (Å²) in [7, 11) is 0. The molecular formula is C37H34O2. The van der Waals surface area contributed by atoms with Crippen molar-refractivity contribution < 1.29 is 9.59 Å². The topological polar surface area (TPSA) is 34.1 Å². The highest BCUT2D eigenvalue weighted by atomic mass is 16.1. The summed E-state index contributed by atoms with van der Waals surface area (Å²) in [6.45, 7) is 2.17. The SMILES string of the molecule is CCCCCc1ccc2c(c1)C(=O)c1ccccc1C2=O.c1ccc2c(c1)ccc1c3c(ccc12)CCCC3. The Kier molecular flexibility index (Phi) is 7.11. The number of aryl methyl sites for hydroxylation is 3. The van der Waals surface area contributed by atoms with Gasteiger partial charge in [-0.2, -0.15) is 0 Å². The summed E-state index contributed by atoms with van der Waals surface area (Å²) in [6, 6.07) is 30.7. The number of fused-ring (bicyclic) bond motifs is 7. The van der Waals surface area contributed by atoms with Crippen molar-refractivity contribution in [2.24, 2.45) is 0 Å². The van der Waals surface area contributed by atoms with Crippen LogP contribution in [0.3, 0.4) is 0 Å². The lowest BCUT2D eigenvalue weighted by Crippen LogP contribution is -2.20. The molecule has 0 unspecified atom stereocenters. The molecule has 0 atom stereocenters. The predicted octanol–water partition coefficient (Wildman–Crippen LogP) is 9.07. The van der Waals surface area contributed by atoms with Crippen LogP contribution >= 0.6 is 0 Å². The van der Waals surface area contributed by atoms with Crippen molar-refractivity contribution in [3.05, 3.63) is 130 Å². The van der Waals surface area contributed by atoms with E-state index in [0.717, 1.165) is 18.4 Å². The van der Waals surface area contributed by atoms with Gasteiger partial charge in [0.15, 0.2) is 11.6 Å². The van der Waals surface area contributed by atoms with Crippen LogP contribution in [0.1, 0.15) is 87.6 Å². The van der Waals surface area contributed by atoms with Gasteiger partial charge in [-0.1, -0.05) is 105 Å². The molecule has 2 nitrogen and oxygen atoms in total. The maximum atomic E-state index is 12.6. The zero-order chi connectivity index (χ0) is 26.8. The minimum absolute atomic E-state index is 0.0301. The lowest BCUT2D eigenvalue weighted by molar-refractivity contribution is 0.0979. The molecule has 5 aromatic rings. The first-order valence-electron chi connectivity index (χ1n) is 14.4. The molecule has 0 fully saturated rings. The Morgan fingerprint density at radius 2 is 1.28 bits per heavy atom. The van der Waals surface area contributed by atoms with E-state index in [1.165, 1.54) is 60.1 Å². The molecule has 0 heterocycles. The Morgan fingerprint density at radius 1 is 0.590 bits per heavy atom. The highest BCUT2D eigenvalue weighted by Crippen LogP contribution is 2.33. The third-order valence-electron chi connectivity index (χ3n) is 8.32. The molecule has 0 saturated heterocycles. The molecule has 0 saturated carbocycles. The van der Waals surface area contributed by atoms with Crippen LogP contribution in [0.25, 0.3) is 21.5 Å². The minimum Gasteiger partial charge on any atom is -0.289 e. The van der Waals surface area contributed by atoms with Crippen LogP contribution in [0.15, 0.2) is 91.0 Å². The molecule has 0 bridgehead atoms. The van der Waals surface area contributed by atoms with E-state index < -0.39 is 0 Å². The van der Waals surface area contributed by atoms with E-state index in [4.69, 9.17) is 0 Å². The lowest BCUT2D eigenvalue weighted by atomic mass is 9.83. The summed E-state index contributed by atoms with van der Waals surface area (Å²) in [5.74, 6) is -0.0714. The van der Waals surface area contributed by atoms with Crippen molar-refractivity contribution >= 4 is 33.1 Å². The van der Waals surface area contributed by atoms with Crippen molar-refractivity contribution in [2.45, 2.75) is 58.3 Å². The standard InChI is InChI=1S/C19H18O2.C18H16/c1-2-3-4-7-13-10-11-16-17(12-13)19(21)15-9-6-5-8-14(15)18(16)20;1-3-7-15-13(5-1)9-11-18-16-8-4-2-6-14(16)10-12-17(15)18/h5-6,8-12H,2-4,7H2,1H3;1,3,5,7,9-12H,2,4,6,8H2. The predicted molar refractivity (Wildman–Crippen MR) is 161 cm³/mol. The van der Waals surface area contributed by atoms with E-state index in [1.54, 1.807) is 35.4 Å². The highest BCUT2D eigenvalue weighted by molar-refractivity contribution is 6.28. The van der Waals surface area contributed by atoms with Crippen LogP contribution in [-0.2, 0) is 19.3 Å². The fraction of sp³-hybridized carbons (Fsp3) is 0.243. The monoisotopic (exact) mass is 510 g/mol. The molecule has 0 spiro atoms. The zero-order valence-corrected chi connectivity index (χ0v) is 22.6. The molecular weight excluding hydrogens is 476 g/mol. The molecule has 2 aliphatic carbocycles. The molecule has 5 aromatic carbocycles. The molecule has 194 valence electrons. The van der Waals surface area contributed by atoms with E-state index in [0.29, 0.717) is 22.3 Å². The van der Waals surface area contributed by atoms with Crippen molar-refractivity contribution in [3.63, 3.8) is 0 Å². The van der Waals surface area contributed by atoms with Gasteiger partial charge in [0.05, 0.1) is 0 Å². The summed E-state index contributed by atoms with van der Waals surface area (Å²) in [5, 5.41) is 5.64. The summed E-state index contributed by atoms with van der Waals surface area (Å²) in [6.07, 6.45) is 9.66. The third kappa shape index (κ3) is 4.81. The van der Waals surface area contributed by atoms with Gasteiger partial charge < -0.3 is 0 Å². The first kappa shape index (κ1) is 25.2. The van der Waals surface area contributed by atoms with Crippen molar-refractivity contribution in [3.8, 4) is 0 Å². The van der Waals surface area contributed by atoms with Crippen molar-refractivity contribution in [1.29, 1.82) is 0 Å². The number of ketones is 2. The summed E-state index contributed by atoms with van der Waals surface area (Å²) in [4.78, 5) is 25.1. The lowest BCUT2D eigenvalue weighted by Gasteiger charge is -2.18. The number of benzene rings is 5. The number of hydrogen-bond acceptors (Lipinski definition) is 2. The first-order chi connectivity index (χ1) is 19.2. The minimum atomic E-state index is -0.0414. The van der Waals surface area contributed by atoms with Gasteiger partial charge in [-0.25, -0.2) is 0 Å². The second kappa shape index (κ2) is 11.0. The van der Waals surface area contributed by atoms with E-state index in [1.807, 2.05) is 18.2 Å². The number of carbonyl (C=O) groups excluding carboxylic acids is 2. The van der Waals surface area contributed by atoms with E-state index in [9.17, 15) is 9.59 Å². The van der Waals surface area contributed by atoms with E-state index in [-0.39, 0.29) is 11.6 Å². The van der Waals surface area contributed by atoms with Crippen molar-refractivity contribution in [2.75, 3.05) is 0 Å². The number of unbranched alkanes of at least 4 members (excludes halogenated alkanes) is 2. The Bertz CT molecular complexity index is 1710. The number of rotatable bonds is 4. The van der Waals surface area contributed by atoms with Crippen LogP contribution in [-0.4, -0.2) is 11.6 Å². The third-order valence-corrected chi connectivity index (χ3v) is 8.32. The van der Waals surface area contributed by atoms with Gasteiger partial charge in [-0.3, -0.25) is 9.59 Å². The summed E-state index contributed by atoms with van der Waals surface area (Å²) >= 11 is 0. The largest absolute Gasteiger partial charge is 0.289 e. The smallest absolute Gasteiger partial charge is 0.194 e. The van der Waals surface area contributed by atoms with Gasteiger partial charge in [-0.05, 0) is 82.8 Å². The average molecular weight is 511 g/mol. The zero-order valence-electron chi connectivity index (χ0n) is 22.6. The van der Waals surface area contributed by atoms with E-state index >= 15 is 0 Å². The van der Waals surface area contributed by atoms with Gasteiger partial charge in [-0.15, -0.1) is 0 Å². The van der Waals surface area contributed by atoms with Crippen LogP contribution in [0.4, 0.5) is 0 Å². The Morgan fingerprint density at radius 3 is 2.10 bits per heavy atom. The van der Waals surface area contributed by atoms with Crippen molar-refractivity contribution in [1.82, 2.24) is 0 Å².